The van der Waals surface area contributed by atoms with Gasteiger partial charge in [0.15, 0.2) is 5.69 Å². The first kappa shape index (κ1) is 18.3. The van der Waals surface area contributed by atoms with Gasteiger partial charge in [0.1, 0.15) is 5.65 Å². The molecule has 1 aliphatic rings. The molecule has 1 amide bonds. The smallest absolute Gasteiger partial charge is 0.274 e. The number of benzene rings is 1. The van der Waals surface area contributed by atoms with Gasteiger partial charge in [-0.05, 0) is 49.2 Å². The highest BCUT2D eigenvalue weighted by atomic mass is 79.9. The molecule has 3 heterocycles. The number of hydrogen-bond acceptors (Lipinski definition) is 4. The molecule has 29 heavy (non-hydrogen) atoms. The van der Waals surface area contributed by atoms with E-state index < -0.39 is 0 Å². The maximum absolute atomic E-state index is 12.8. The molecular formula is C20H16BrClN6O. The van der Waals surface area contributed by atoms with E-state index in [0.717, 1.165) is 40.0 Å². The Balaban J connectivity index is 1.38. The van der Waals surface area contributed by atoms with E-state index in [1.165, 1.54) is 0 Å². The third-order valence-corrected chi connectivity index (χ3v) is 5.60. The van der Waals surface area contributed by atoms with Gasteiger partial charge in [0.2, 0.25) is 0 Å². The Morgan fingerprint density at radius 3 is 2.72 bits per heavy atom. The molecule has 0 atom stereocenters. The number of amides is 1. The molecule has 1 aliphatic carbocycles. The van der Waals surface area contributed by atoms with Crippen molar-refractivity contribution in [3.63, 3.8) is 0 Å². The number of carbonyl (C=O) groups is 1. The molecule has 1 aromatic carbocycles. The molecule has 5 rings (SSSR count). The molecule has 1 fully saturated rings. The molecule has 4 aromatic rings. The lowest BCUT2D eigenvalue weighted by molar-refractivity contribution is 0.0944. The summed E-state index contributed by atoms with van der Waals surface area (Å²) in [6.07, 6.45) is 5.71. The highest BCUT2D eigenvalue weighted by Crippen LogP contribution is 2.42. The predicted octanol–water partition coefficient (Wildman–Crippen LogP) is 4.14. The zero-order chi connectivity index (χ0) is 20.0. The van der Waals surface area contributed by atoms with E-state index in [0.29, 0.717) is 23.2 Å². The summed E-state index contributed by atoms with van der Waals surface area (Å²) in [5.41, 5.74) is 3.65. The number of aromatic nitrogens is 5. The third-order valence-electron chi connectivity index (χ3n) is 4.85. The molecule has 0 saturated heterocycles. The summed E-state index contributed by atoms with van der Waals surface area (Å²) < 4.78 is 4.59. The topological polar surface area (TPSA) is 77.1 Å². The largest absolute Gasteiger partial charge is 0.345 e. The van der Waals surface area contributed by atoms with Crippen LogP contribution in [0.5, 0.6) is 0 Å². The van der Waals surface area contributed by atoms with E-state index in [2.05, 4.69) is 36.5 Å². The summed E-state index contributed by atoms with van der Waals surface area (Å²) in [7, 11) is 0. The fraction of sp³-hybridized carbons (Fsp3) is 0.200. The highest BCUT2D eigenvalue weighted by Gasteiger charge is 2.34. The van der Waals surface area contributed by atoms with Crippen LogP contribution in [0.2, 0.25) is 5.02 Å². The van der Waals surface area contributed by atoms with Crippen molar-refractivity contribution in [1.29, 1.82) is 0 Å². The van der Waals surface area contributed by atoms with Crippen molar-refractivity contribution in [2.75, 3.05) is 0 Å². The average Bonchev–Trinajstić information content (AvgIpc) is 3.32. The average molecular weight is 472 g/mol. The first-order valence-electron chi connectivity index (χ1n) is 9.21. The van der Waals surface area contributed by atoms with E-state index in [-0.39, 0.29) is 5.91 Å². The molecule has 1 N–H and O–H groups in total. The van der Waals surface area contributed by atoms with Crippen LogP contribution in [-0.4, -0.2) is 30.3 Å². The maximum atomic E-state index is 12.8. The van der Waals surface area contributed by atoms with Crippen LogP contribution in [0.1, 0.15) is 40.6 Å². The fourth-order valence-corrected chi connectivity index (χ4v) is 3.74. The van der Waals surface area contributed by atoms with Gasteiger partial charge in [-0.2, -0.15) is 0 Å². The number of nitrogens with one attached hydrogen (secondary N) is 1. The van der Waals surface area contributed by atoms with E-state index in [1.54, 1.807) is 16.9 Å². The van der Waals surface area contributed by atoms with Gasteiger partial charge >= 0.3 is 0 Å². The van der Waals surface area contributed by atoms with E-state index in [4.69, 9.17) is 11.6 Å². The minimum absolute atomic E-state index is 0.245. The SMILES string of the molecule is O=C(NCc1cn2cc(Cl)ccc2n1)c1nnn(-c2ccc(Br)cc2)c1C1CC1. The number of carbonyl (C=O) groups excluding carboxylic acids is 1. The Morgan fingerprint density at radius 1 is 1.17 bits per heavy atom. The van der Waals surface area contributed by atoms with Gasteiger partial charge in [0, 0.05) is 22.8 Å². The summed E-state index contributed by atoms with van der Waals surface area (Å²) in [4.78, 5) is 17.3. The molecule has 0 radical (unpaired) electrons. The van der Waals surface area contributed by atoms with Crippen LogP contribution in [0.4, 0.5) is 0 Å². The Kier molecular flexibility index (Phi) is 4.60. The van der Waals surface area contributed by atoms with E-state index >= 15 is 0 Å². The Labute approximate surface area is 179 Å². The summed E-state index contributed by atoms with van der Waals surface area (Å²) in [6.45, 7) is 0.299. The first-order valence-corrected chi connectivity index (χ1v) is 10.4. The van der Waals surface area contributed by atoms with Gasteiger partial charge in [-0.25, -0.2) is 9.67 Å². The van der Waals surface area contributed by atoms with Crippen LogP contribution in [0, 0.1) is 0 Å². The summed E-state index contributed by atoms with van der Waals surface area (Å²) >= 11 is 9.45. The van der Waals surface area contributed by atoms with Crippen LogP contribution < -0.4 is 5.32 Å². The molecule has 9 heteroatoms. The molecule has 7 nitrogen and oxygen atoms in total. The highest BCUT2D eigenvalue weighted by molar-refractivity contribution is 9.10. The van der Waals surface area contributed by atoms with Crippen LogP contribution in [0.25, 0.3) is 11.3 Å². The van der Waals surface area contributed by atoms with E-state index in [9.17, 15) is 4.79 Å². The molecule has 146 valence electrons. The quantitative estimate of drug-likeness (QED) is 0.475. The molecule has 0 bridgehead atoms. The van der Waals surface area contributed by atoms with Crippen molar-refractivity contribution < 1.29 is 4.79 Å². The number of rotatable bonds is 5. The minimum Gasteiger partial charge on any atom is -0.345 e. The van der Waals surface area contributed by atoms with Crippen molar-refractivity contribution >= 4 is 39.1 Å². The summed E-state index contributed by atoms with van der Waals surface area (Å²) in [5.74, 6) is 0.0667. The van der Waals surface area contributed by atoms with Crippen molar-refractivity contribution in [2.45, 2.75) is 25.3 Å². The van der Waals surface area contributed by atoms with Crippen molar-refractivity contribution in [1.82, 2.24) is 29.7 Å². The van der Waals surface area contributed by atoms with Gasteiger partial charge in [-0.1, -0.05) is 32.7 Å². The zero-order valence-corrected chi connectivity index (χ0v) is 17.6. The van der Waals surface area contributed by atoms with Crippen LogP contribution in [0.15, 0.2) is 53.3 Å². The zero-order valence-electron chi connectivity index (χ0n) is 15.2. The predicted molar refractivity (Wildman–Crippen MR) is 112 cm³/mol. The number of fused-ring (bicyclic) bond motifs is 1. The number of halogens is 2. The second-order valence-corrected chi connectivity index (χ2v) is 8.37. The van der Waals surface area contributed by atoms with Gasteiger partial charge in [-0.15, -0.1) is 5.10 Å². The number of nitrogens with zero attached hydrogens (tertiary/aromatic N) is 5. The molecule has 1 saturated carbocycles. The number of imidazole rings is 1. The minimum atomic E-state index is -0.245. The molecule has 3 aromatic heterocycles. The molecule has 0 spiro atoms. The Hall–Kier alpha value is -2.71. The second kappa shape index (κ2) is 7.27. The van der Waals surface area contributed by atoms with Gasteiger partial charge in [0.05, 0.1) is 28.6 Å². The molecule has 0 unspecified atom stereocenters. The Bertz CT molecular complexity index is 1210. The number of hydrogen-bond donors (Lipinski definition) is 1. The standard InChI is InChI=1S/C20H16BrClN6O/c21-13-3-6-16(7-4-13)28-19(12-1-2-12)18(25-26-28)20(29)23-9-15-11-27-10-14(22)5-8-17(27)24-15/h3-8,10-12H,1-2,9H2,(H,23,29). The van der Waals surface area contributed by atoms with Gasteiger partial charge < -0.3 is 9.72 Å². The lowest BCUT2D eigenvalue weighted by Gasteiger charge is -2.07. The summed E-state index contributed by atoms with van der Waals surface area (Å²) in [5, 5.41) is 12.0. The normalized spacial score (nSPS) is 13.7. The molecule has 0 aliphatic heterocycles. The Morgan fingerprint density at radius 2 is 1.97 bits per heavy atom. The van der Waals surface area contributed by atoms with Crippen LogP contribution in [0.3, 0.4) is 0 Å². The van der Waals surface area contributed by atoms with Crippen molar-refractivity contribution in [3.8, 4) is 5.69 Å². The third kappa shape index (κ3) is 3.65. The van der Waals surface area contributed by atoms with E-state index in [1.807, 2.05) is 40.9 Å². The number of pyridine rings is 1. The maximum Gasteiger partial charge on any atom is 0.274 e. The van der Waals surface area contributed by atoms with Gasteiger partial charge in [0.25, 0.3) is 5.91 Å². The van der Waals surface area contributed by atoms with Crippen molar-refractivity contribution in [3.05, 3.63) is 75.4 Å². The monoisotopic (exact) mass is 470 g/mol. The fourth-order valence-electron chi connectivity index (χ4n) is 3.30. The lowest BCUT2D eigenvalue weighted by Crippen LogP contribution is -2.24. The lowest BCUT2D eigenvalue weighted by atomic mass is 10.2. The first-order chi connectivity index (χ1) is 14.1. The van der Waals surface area contributed by atoms with Crippen LogP contribution >= 0.6 is 27.5 Å². The van der Waals surface area contributed by atoms with Gasteiger partial charge in [-0.3, -0.25) is 4.79 Å². The van der Waals surface area contributed by atoms with Crippen LogP contribution in [-0.2, 0) is 6.54 Å². The van der Waals surface area contributed by atoms with Crippen molar-refractivity contribution in [2.24, 2.45) is 0 Å². The summed E-state index contributed by atoms with van der Waals surface area (Å²) in [6, 6.07) is 11.4. The second-order valence-electron chi connectivity index (χ2n) is 7.01. The molecular weight excluding hydrogens is 456 g/mol.